The van der Waals surface area contributed by atoms with Crippen LogP contribution in [0.1, 0.15) is 37.3 Å². The molecule has 1 unspecified atom stereocenters. The zero-order valence-corrected chi connectivity index (χ0v) is 10.1. The smallest absolute Gasteiger partial charge is 0.197 e. The third-order valence-corrected chi connectivity index (χ3v) is 3.16. The van der Waals surface area contributed by atoms with Crippen molar-refractivity contribution in [2.75, 3.05) is 20.1 Å². The summed E-state index contributed by atoms with van der Waals surface area (Å²) in [5.74, 6) is 2.32. The van der Waals surface area contributed by atoms with Crippen LogP contribution in [0, 0.1) is 0 Å². The van der Waals surface area contributed by atoms with E-state index in [-0.39, 0.29) is 6.04 Å². The van der Waals surface area contributed by atoms with Crippen molar-refractivity contribution in [3.05, 3.63) is 17.8 Å². The lowest BCUT2D eigenvalue weighted by molar-refractivity contribution is 0.235. The van der Waals surface area contributed by atoms with Crippen LogP contribution in [0.15, 0.2) is 10.6 Å². The predicted octanol–water partition coefficient (Wildman–Crippen LogP) is 1.37. The maximum atomic E-state index is 5.76. The fourth-order valence-corrected chi connectivity index (χ4v) is 2.18. The minimum absolute atomic E-state index is 0.137. The number of hydrogen-bond acceptors (Lipinski definition) is 4. The van der Waals surface area contributed by atoms with Crippen LogP contribution in [0.5, 0.6) is 0 Å². The van der Waals surface area contributed by atoms with Crippen molar-refractivity contribution < 1.29 is 4.42 Å². The molecule has 0 spiro atoms. The van der Waals surface area contributed by atoms with Gasteiger partial charge >= 0.3 is 0 Å². The first kappa shape index (κ1) is 11.6. The van der Waals surface area contributed by atoms with Gasteiger partial charge in [-0.05, 0) is 39.9 Å². The van der Waals surface area contributed by atoms with E-state index in [1.54, 1.807) is 0 Å². The van der Waals surface area contributed by atoms with Gasteiger partial charge in [0.15, 0.2) is 5.89 Å². The summed E-state index contributed by atoms with van der Waals surface area (Å²) in [4.78, 5) is 6.73. The highest BCUT2D eigenvalue weighted by Gasteiger charge is 2.22. The van der Waals surface area contributed by atoms with Crippen LogP contribution < -0.4 is 5.73 Å². The Kier molecular flexibility index (Phi) is 3.61. The molecule has 90 valence electrons. The lowest BCUT2D eigenvalue weighted by Gasteiger charge is -2.26. The summed E-state index contributed by atoms with van der Waals surface area (Å²) in [5.41, 5.74) is 5.74. The van der Waals surface area contributed by atoms with Gasteiger partial charge < -0.3 is 15.1 Å². The molecule has 0 aromatic carbocycles. The monoisotopic (exact) mass is 223 g/mol. The lowest BCUT2D eigenvalue weighted by atomic mass is 9.97. The second kappa shape index (κ2) is 4.97. The Morgan fingerprint density at radius 1 is 1.56 bits per heavy atom. The van der Waals surface area contributed by atoms with E-state index in [1.165, 1.54) is 0 Å². The molecule has 0 bridgehead atoms. The maximum absolute atomic E-state index is 5.76. The molecular formula is C12H21N3O. The van der Waals surface area contributed by atoms with E-state index in [2.05, 4.69) is 16.9 Å². The Bertz CT molecular complexity index is 327. The van der Waals surface area contributed by atoms with Gasteiger partial charge in [-0.2, -0.15) is 0 Å². The van der Waals surface area contributed by atoms with E-state index < -0.39 is 0 Å². The number of nitrogens with zero attached hydrogens (tertiary/aromatic N) is 2. The molecule has 2 N–H and O–H groups in total. The molecule has 1 aromatic heterocycles. The van der Waals surface area contributed by atoms with Gasteiger partial charge in [0.05, 0.1) is 6.20 Å². The molecule has 0 saturated carbocycles. The molecule has 4 nitrogen and oxygen atoms in total. The standard InChI is InChI=1S/C12H21N3O/c1-9(13)7-11-8-14-12(16-11)10-3-5-15(2)6-4-10/h8-10H,3-7,13H2,1-2H3. The summed E-state index contributed by atoms with van der Waals surface area (Å²) in [6.45, 7) is 4.25. The van der Waals surface area contributed by atoms with Crippen molar-refractivity contribution in [1.82, 2.24) is 9.88 Å². The van der Waals surface area contributed by atoms with Gasteiger partial charge in [-0.15, -0.1) is 0 Å². The first-order chi connectivity index (χ1) is 7.65. The largest absolute Gasteiger partial charge is 0.445 e. The van der Waals surface area contributed by atoms with Gasteiger partial charge in [0.2, 0.25) is 0 Å². The van der Waals surface area contributed by atoms with Crippen molar-refractivity contribution in [3.8, 4) is 0 Å². The molecule has 2 rings (SSSR count). The number of hydrogen-bond donors (Lipinski definition) is 1. The molecule has 1 fully saturated rings. The highest BCUT2D eigenvalue weighted by molar-refractivity contribution is 5.01. The Hall–Kier alpha value is -0.870. The van der Waals surface area contributed by atoms with Crippen molar-refractivity contribution in [2.24, 2.45) is 5.73 Å². The Morgan fingerprint density at radius 2 is 2.25 bits per heavy atom. The van der Waals surface area contributed by atoms with E-state index in [9.17, 15) is 0 Å². The highest BCUT2D eigenvalue weighted by Crippen LogP contribution is 2.27. The fraction of sp³-hybridized carbons (Fsp3) is 0.750. The first-order valence-corrected chi connectivity index (χ1v) is 6.04. The third kappa shape index (κ3) is 2.83. The van der Waals surface area contributed by atoms with Gasteiger partial charge in [-0.3, -0.25) is 0 Å². The molecular weight excluding hydrogens is 202 g/mol. The third-order valence-electron chi connectivity index (χ3n) is 3.16. The van der Waals surface area contributed by atoms with Crippen LogP contribution in [0.4, 0.5) is 0 Å². The van der Waals surface area contributed by atoms with E-state index in [1.807, 2.05) is 13.1 Å². The molecule has 1 aliphatic heterocycles. The van der Waals surface area contributed by atoms with E-state index in [0.717, 1.165) is 44.0 Å². The second-order valence-electron chi connectivity index (χ2n) is 4.92. The highest BCUT2D eigenvalue weighted by atomic mass is 16.4. The van der Waals surface area contributed by atoms with Crippen molar-refractivity contribution in [2.45, 2.75) is 38.1 Å². The van der Waals surface area contributed by atoms with Crippen LogP contribution in [0.3, 0.4) is 0 Å². The Balaban J connectivity index is 1.96. The number of piperidine rings is 1. The van der Waals surface area contributed by atoms with E-state index in [4.69, 9.17) is 10.2 Å². The second-order valence-corrected chi connectivity index (χ2v) is 4.92. The molecule has 0 radical (unpaired) electrons. The quantitative estimate of drug-likeness (QED) is 0.841. The Morgan fingerprint density at radius 3 is 2.88 bits per heavy atom. The normalized spacial score (nSPS) is 21.2. The zero-order valence-electron chi connectivity index (χ0n) is 10.1. The summed E-state index contributed by atoms with van der Waals surface area (Å²) >= 11 is 0. The summed E-state index contributed by atoms with van der Waals surface area (Å²) in [5, 5.41) is 0. The summed E-state index contributed by atoms with van der Waals surface area (Å²) in [6, 6.07) is 0.137. The molecule has 4 heteroatoms. The topological polar surface area (TPSA) is 55.3 Å². The number of rotatable bonds is 3. The molecule has 1 aliphatic rings. The van der Waals surface area contributed by atoms with Gasteiger partial charge in [0.1, 0.15) is 5.76 Å². The average molecular weight is 223 g/mol. The molecule has 0 amide bonds. The minimum atomic E-state index is 0.137. The van der Waals surface area contributed by atoms with Crippen LogP contribution in [-0.2, 0) is 6.42 Å². The number of nitrogens with two attached hydrogens (primary N) is 1. The number of likely N-dealkylation sites (tertiary alicyclic amines) is 1. The van der Waals surface area contributed by atoms with Gasteiger partial charge in [0, 0.05) is 18.4 Å². The van der Waals surface area contributed by atoms with Crippen LogP contribution in [0.2, 0.25) is 0 Å². The minimum Gasteiger partial charge on any atom is -0.445 e. The van der Waals surface area contributed by atoms with Crippen LogP contribution >= 0.6 is 0 Å². The first-order valence-electron chi connectivity index (χ1n) is 6.04. The molecule has 2 heterocycles. The van der Waals surface area contributed by atoms with Gasteiger partial charge in [-0.25, -0.2) is 4.98 Å². The van der Waals surface area contributed by atoms with E-state index >= 15 is 0 Å². The fourth-order valence-electron chi connectivity index (χ4n) is 2.18. The molecule has 16 heavy (non-hydrogen) atoms. The van der Waals surface area contributed by atoms with Gasteiger partial charge in [0.25, 0.3) is 0 Å². The SMILES string of the molecule is CC(N)Cc1cnc(C2CCN(C)CC2)o1. The maximum Gasteiger partial charge on any atom is 0.197 e. The number of aromatic nitrogens is 1. The molecule has 1 saturated heterocycles. The van der Waals surface area contributed by atoms with E-state index in [0.29, 0.717) is 5.92 Å². The summed E-state index contributed by atoms with van der Waals surface area (Å²) in [6.07, 6.45) is 4.90. The van der Waals surface area contributed by atoms with Crippen molar-refractivity contribution in [3.63, 3.8) is 0 Å². The molecule has 0 aliphatic carbocycles. The lowest BCUT2D eigenvalue weighted by Crippen LogP contribution is -2.29. The number of oxazole rings is 1. The predicted molar refractivity (Wildman–Crippen MR) is 63.3 cm³/mol. The van der Waals surface area contributed by atoms with Crippen molar-refractivity contribution >= 4 is 0 Å². The van der Waals surface area contributed by atoms with Crippen molar-refractivity contribution in [1.29, 1.82) is 0 Å². The van der Waals surface area contributed by atoms with Crippen LogP contribution in [0.25, 0.3) is 0 Å². The summed E-state index contributed by atoms with van der Waals surface area (Å²) < 4.78 is 5.76. The summed E-state index contributed by atoms with van der Waals surface area (Å²) in [7, 11) is 2.16. The Labute approximate surface area is 96.8 Å². The average Bonchev–Trinajstić information content (AvgIpc) is 2.66. The molecule has 1 atom stereocenters. The van der Waals surface area contributed by atoms with Crippen LogP contribution in [-0.4, -0.2) is 36.1 Å². The zero-order chi connectivity index (χ0) is 11.5. The molecule has 1 aromatic rings. The van der Waals surface area contributed by atoms with Gasteiger partial charge in [-0.1, -0.05) is 0 Å².